The molecular formula is C22H24Cl2N4S. The average Bonchev–Trinajstić information content (AvgIpc) is 3.44. The van der Waals surface area contributed by atoms with Gasteiger partial charge in [0.2, 0.25) is 5.96 Å². The van der Waals surface area contributed by atoms with Gasteiger partial charge in [-0.3, -0.25) is 4.90 Å². The van der Waals surface area contributed by atoms with Crippen molar-refractivity contribution >= 4 is 57.9 Å². The lowest BCUT2D eigenvalue weighted by Gasteiger charge is -2.36. The molecule has 0 saturated carbocycles. The third kappa shape index (κ3) is 4.52. The molecule has 2 fully saturated rings. The molecule has 0 aliphatic carbocycles. The Kier molecular flexibility index (Phi) is 6.58. The number of anilines is 1. The van der Waals surface area contributed by atoms with Crippen LogP contribution in [0.2, 0.25) is 10.0 Å². The third-order valence-corrected chi connectivity index (χ3v) is 6.40. The molecule has 0 N–H and O–H groups in total. The van der Waals surface area contributed by atoms with E-state index in [4.69, 9.17) is 40.4 Å². The van der Waals surface area contributed by atoms with E-state index in [1.807, 2.05) is 53.4 Å². The number of likely N-dealkylation sites (tertiary alicyclic amines) is 2. The summed E-state index contributed by atoms with van der Waals surface area (Å²) in [6.07, 6.45) is 4.57. The van der Waals surface area contributed by atoms with Crippen LogP contribution >= 0.6 is 35.4 Å². The summed E-state index contributed by atoms with van der Waals surface area (Å²) in [6, 6.07) is 15.5. The first-order chi connectivity index (χ1) is 14.1. The topological polar surface area (TPSA) is 22.1 Å². The van der Waals surface area contributed by atoms with Crippen molar-refractivity contribution in [2.45, 2.75) is 25.7 Å². The van der Waals surface area contributed by atoms with E-state index in [-0.39, 0.29) is 0 Å². The lowest BCUT2D eigenvalue weighted by Crippen LogP contribution is -2.51. The van der Waals surface area contributed by atoms with Crippen molar-refractivity contribution in [3.63, 3.8) is 0 Å². The van der Waals surface area contributed by atoms with Gasteiger partial charge in [0.25, 0.3) is 0 Å². The number of benzene rings is 2. The average molecular weight is 447 g/mol. The number of para-hydroxylation sites is 2. The molecule has 2 aromatic carbocycles. The van der Waals surface area contributed by atoms with Gasteiger partial charge in [0, 0.05) is 26.2 Å². The first-order valence-electron chi connectivity index (χ1n) is 10.1. The number of aliphatic imine (C=N–C) groups is 1. The van der Waals surface area contributed by atoms with Crippen LogP contribution in [0, 0.1) is 0 Å². The van der Waals surface area contributed by atoms with Gasteiger partial charge in [0.15, 0.2) is 5.11 Å². The lowest BCUT2D eigenvalue weighted by molar-refractivity contribution is 0.497. The fourth-order valence-corrected chi connectivity index (χ4v) is 4.57. The molecule has 2 aromatic rings. The normalized spacial score (nSPS) is 17.1. The van der Waals surface area contributed by atoms with Crippen molar-refractivity contribution in [1.82, 2.24) is 9.80 Å². The van der Waals surface area contributed by atoms with Crippen molar-refractivity contribution in [3.05, 3.63) is 58.6 Å². The molecule has 0 aromatic heterocycles. The number of thiocarbonyl (C=S) groups is 1. The number of hydrogen-bond donors (Lipinski definition) is 0. The molecule has 2 aliphatic heterocycles. The van der Waals surface area contributed by atoms with Crippen LogP contribution < -0.4 is 4.90 Å². The molecule has 0 amide bonds. The molecule has 0 atom stereocenters. The van der Waals surface area contributed by atoms with E-state index in [0.717, 1.165) is 74.3 Å². The first kappa shape index (κ1) is 20.5. The molecule has 4 nitrogen and oxygen atoms in total. The number of halogens is 2. The number of rotatable bonds is 2. The molecular weight excluding hydrogens is 423 g/mol. The van der Waals surface area contributed by atoms with E-state index in [0.29, 0.717) is 10.0 Å². The molecule has 4 rings (SSSR count). The van der Waals surface area contributed by atoms with Crippen molar-refractivity contribution in [1.29, 1.82) is 0 Å². The zero-order valence-corrected chi connectivity index (χ0v) is 18.6. The maximum atomic E-state index is 6.64. The van der Waals surface area contributed by atoms with Crippen molar-refractivity contribution in [2.24, 2.45) is 4.99 Å². The minimum absolute atomic E-state index is 0.621. The Balaban J connectivity index is 1.84. The van der Waals surface area contributed by atoms with E-state index < -0.39 is 0 Å². The smallest absolute Gasteiger partial charge is 0.213 e. The van der Waals surface area contributed by atoms with Crippen LogP contribution in [0.1, 0.15) is 25.7 Å². The van der Waals surface area contributed by atoms with Crippen LogP contribution in [0.25, 0.3) is 0 Å². The van der Waals surface area contributed by atoms with E-state index in [2.05, 4.69) is 9.80 Å². The van der Waals surface area contributed by atoms with E-state index >= 15 is 0 Å². The number of guanidine groups is 1. The first-order valence-corrected chi connectivity index (χ1v) is 11.2. The van der Waals surface area contributed by atoms with E-state index in [1.54, 1.807) is 0 Å². The zero-order valence-electron chi connectivity index (χ0n) is 16.2. The highest BCUT2D eigenvalue weighted by molar-refractivity contribution is 7.80. The summed E-state index contributed by atoms with van der Waals surface area (Å²) in [5.74, 6) is 0.792. The van der Waals surface area contributed by atoms with Crippen LogP contribution in [0.3, 0.4) is 0 Å². The van der Waals surface area contributed by atoms with E-state index in [9.17, 15) is 0 Å². The minimum atomic E-state index is 0.621. The Labute approximate surface area is 187 Å². The second kappa shape index (κ2) is 9.33. The highest BCUT2D eigenvalue weighted by atomic mass is 35.5. The van der Waals surface area contributed by atoms with Gasteiger partial charge in [-0.15, -0.1) is 0 Å². The second-order valence-corrected chi connectivity index (χ2v) is 8.50. The Hall–Kier alpha value is -1.82. The van der Waals surface area contributed by atoms with Crippen LogP contribution in [0.4, 0.5) is 11.4 Å². The minimum Gasteiger partial charge on any atom is -0.348 e. The maximum absolute atomic E-state index is 6.64. The molecule has 0 spiro atoms. The summed E-state index contributed by atoms with van der Waals surface area (Å²) in [6.45, 7) is 3.79. The SMILES string of the molecule is S=C(N1CCCC1)N(C(=Nc1ccccc1Cl)N1CCCC1)c1ccccc1Cl. The largest absolute Gasteiger partial charge is 0.348 e. The van der Waals surface area contributed by atoms with Crippen LogP contribution in [-0.4, -0.2) is 47.1 Å². The van der Waals surface area contributed by atoms with Gasteiger partial charge in [0.05, 0.1) is 21.4 Å². The van der Waals surface area contributed by atoms with Gasteiger partial charge in [-0.25, -0.2) is 4.99 Å². The standard InChI is InChI=1S/C22H24Cl2N4S/c23-17-9-1-3-11-19(17)25-21(26-13-5-6-14-26)28(20-12-4-2-10-18(20)24)22(29)27-15-7-8-16-27/h1-4,9-12H,5-8,13-16H2. The predicted molar refractivity (Wildman–Crippen MR) is 127 cm³/mol. The number of hydrogen-bond acceptors (Lipinski definition) is 2. The zero-order chi connectivity index (χ0) is 20.2. The Morgan fingerprint density at radius 3 is 1.97 bits per heavy atom. The molecule has 29 heavy (non-hydrogen) atoms. The molecule has 2 aliphatic rings. The molecule has 0 unspecified atom stereocenters. The summed E-state index contributed by atoms with van der Waals surface area (Å²) in [7, 11) is 0. The summed E-state index contributed by atoms with van der Waals surface area (Å²) in [5.41, 5.74) is 1.58. The fraction of sp³-hybridized carbons (Fsp3) is 0.364. The van der Waals surface area contributed by atoms with Crippen LogP contribution in [-0.2, 0) is 0 Å². The Bertz CT molecular complexity index is 905. The molecule has 7 heteroatoms. The highest BCUT2D eigenvalue weighted by Gasteiger charge is 2.31. The Morgan fingerprint density at radius 1 is 0.793 bits per heavy atom. The third-order valence-electron chi connectivity index (χ3n) is 5.32. The lowest BCUT2D eigenvalue weighted by atomic mass is 10.3. The highest BCUT2D eigenvalue weighted by Crippen LogP contribution is 2.32. The summed E-state index contributed by atoms with van der Waals surface area (Å²) in [5, 5.41) is 2.02. The Morgan fingerprint density at radius 2 is 1.34 bits per heavy atom. The van der Waals surface area contributed by atoms with Gasteiger partial charge in [-0.1, -0.05) is 47.5 Å². The van der Waals surface area contributed by atoms with Crippen molar-refractivity contribution < 1.29 is 0 Å². The van der Waals surface area contributed by atoms with Gasteiger partial charge in [-0.05, 0) is 62.2 Å². The maximum Gasteiger partial charge on any atom is 0.213 e. The van der Waals surface area contributed by atoms with Gasteiger partial charge in [0.1, 0.15) is 0 Å². The van der Waals surface area contributed by atoms with Crippen LogP contribution in [0.15, 0.2) is 53.5 Å². The molecule has 0 radical (unpaired) electrons. The second-order valence-electron chi connectivity index (χ2n) is 7.32. The summed E-state index contributed by atoms with van der Waals surface area (Å²) in [4.78, 5) is 11.6. The van der Waals surface area contributed by atoms with Gasteiger partial charge >= 0.3 is 0 Å². The monoisotopic (exact) mass is 446 g/mol. The van der Waals surface area contributed by atoms with Crippen molar-refractivity contribution in [3.8, 4) is 0 Å². The summed E-state index contributed by atoms with van der Waals surface area (Å²) < 4.78 is 0. The molecule has 0 bridgehead atoms. The van der Waals surface area contributed by atoms with Gasteiger partial charge in [-0.2, -0.15) is 0 Å². The molecule has 2 heterocycles. The fourth-order valence-electron chi connectivity index (χ4n) is 3.81. The number of nitrogens with zero attached hydrogens (tertiary/aromatic N) is 4. The molecule has 2 saturated heterocycles. The molecule has 152 valence electrons. The quantitative estimate of drug-likeness (QED) is 0.322. The van der Waals surface area contributed by atoms with E-state index in [1.165, 1.54) is 0 Å². The van der Waals surface area contributed by atoms with Gasteiger partial charge < -0.3 is 9.80 Å². The van der Waals surface area contributed by atoms with Crippen LogP contribution in [0.5, 0.6) is 0 Å². The van der Waals surface area contributed by atoms with Crippen molar-refractivity contribution in [2.75, 3.05) is 31.1 Å². The predicted octanol–water partition coefficient (Wildman–Crippen LogP) is 5.96. The summed E-state index contributed by atoms with van der Waals surface area (Å²) >= 11 is 19.1.